The van der Waals surface area contributed by atoms with Crippen LogP contribution in [-0.2, 0) is 0 Å². The summed E-state index contributed by atoms with van der Waals surface area (Å²) in [6.07, 6.45) is 1.57. The van der Waals surface area contributed by atoms with Crippen LogP contribution in [0.25, 0.3) is 0 Å². The minimum atomic E-state index is -0.0859. The van der Waals surface area contributed by atoms with Crippen LogP contribution in [0.4, 0.5) is 0 Å². The molecule has 0 amide bonds. The lowest BCUT2D eigenvalue weighted by Gasteiger charge is -2.27. The summed E-state index contributed by atoms with van der Waals surface area (Å²) in [6.45, 7) is 3.18. The van der Waals surface area contributed by atoms with E-state index < -0.39 is 0 Å². The first-order chi connectivity index (χ1) is 12.7. The Labute approximate surface area is 159 Å². The molecule has 0 saturated carbocycles. The zero-order valence-corrected chi connectivity index (χ0v) is 15.6. The van der Waals surface area contributed by atoms with E-state index in [9.17, 15) is 0 Å². The molecule has 3 N–H and O–H groups in total. The largest absolute Gasteiger partial charge is 0.493 e. The molecular formula is C20H24ClN3O2. The normalized spacial score (nSPS) is 17.8. The van der Waals surface area contributed by atoms with Crippen LogP contribution in [0.2, 0.25) is 5.02 Å². The first-order valence-electron chi connectivity index (χ1n) is 8.86. The lowest BCUT2D eigenvalue weighted by molar-refractivity contribution is 0.205. The van der Waals surface area contributed by atoms with Gasteiger partial charge in [-0.3, -0.25) is 0 Å². The van der Waals surface area contributed by atoms with Crippen molar-refractivity contribution in [3.63, 3.8) is 0 Å². The second kappa shape index (κ2) is 8.81. The van der Waals surface area contributed by atoms with Crippen molar-refractivity contribution < 1.29 is 9.47 Å². The van der Waals surface area contributed by atoms with Crippen LogP contribution in [-0.4, -0.2) is 25.2 Å². The van der Waals surface area contributed by atoms with Gasteiger partial charge in [-0.1, -0.05) is 48.9 Å². The summed E-state index contributed by atoms with van der Waals surface area (Å²) in [4.78, 5) is 4.46. The Morgan fingerprint density at radius 2 is 2.08 bits per heavy atom. The van der Waals surface area contributed by atoms with Gasteiger partial charge in [0.1, 0.15) is 17.6 Å². The molecule has 1 aliphatic heterocycles. The number of aliphatic imine (C=N–C) groups is 1. The van der Waals surface area contributed by atoms with Gasteiger partial charge in [-0.15, -0.1) is 0 Å². The highest BCUT2D eigenvalue weighted by Gasteiger charge is 2.21. The summed E-state index contributed by atoms with van der Waals surface area (Å²) in [5.74, 6) is 1.98. The highest BCUT2D eigenvalue weighted by molar-refractivity contribution is 6.32. The SMILES string of the molecule is CCC(CN=C(N)NC1CCOc2ccccc21)Oc1ccccc1Cl. The Morgan fingerprint density at radius 3 is 2.88 bits per heavy atom. The molecule has 138 valence electrons. The Hall–Kier alpha value is -2.40. The van der Waals surface area contributed by atoms with E-state index in [4.69, 9.17) is 26.8 Å². The van der Waals surface area contributed by atoms with Crippen LogP contribution < -0.4 is 20.5 Å². The number of hydrogen-bond donors (Lipinski definition) is 2. The first-order valence-corrected chi connectivity index (χ1v) is 9.24. The third-order valence-electron chi connectivity index (χ3n) is 4.33. The van der Waals surface area contributed by atoms with Crippen LogP contribution in [0, 0.1) is 0 Å². The van der Waals surface area contributed by atoms with Gasteiger partial charge in [-0.2, -0.15) is 0 Å². The smallest absolute Gasteiger partial charge is 0.189 e. The van der Waals surface area contributed by atoms with Crippen LogP contribution >= 0.6 is 11.6 Å². The maximum Gasteiger partial charge on any atom is 0.189 e. The van der Waals surface area contributed by atoms with E-state index in [1.807, 2.05) is 42.5 Å². The van der Waals surface area contributed by atoms with Crippen molar-refractivity contribution in [2.45, 2.75) is 31.9 Å². The standard InChI is InChI=1S/C20H24ClN3O2/c1-2-14(26-19-10-6-4-8-16(19)21)13-23-20(22)24-17-11-12-25-18-9-5-3-7-15(17)18/h3-10,14,17H,2,11-13H2,1H3,(H3,22,23,24). The molecule has 0 fully saturated rings. The number of nitrogens with one attached hydrogen (secondary N) is 1. The minimum absolute atomic E-state index is 0.0859. The second-order valence-corrected chi connectivity index (χ2v) is 6.58. The molecule has 0 aromatic heterocycles. The molecule has 26 heavy (non-hydrogen) atoms. The molecule has 6 heteroatoms. The van der Waals surface area contributed by atoms with E-state index in [2.05, 4.69) is 23.3 Å². The third-order valence-corrected chi connectivity index (χ3v) is 4.64. The quantitative estimate of drug-likeness (QED) is 0.594. The number of fused-ring (bicyclic) bond motifs is 1. The van der Waals surface area contributed by atoms with Crippen molar-refractivity contribution in [3.05, 3.63) is 59.1 Å². The fourth-order valence-corrected chi connectivity index (χ4v) is 3.07. The molecule has 2 aromatic carbocycles. The monoisotopic (exact) mass is 373 g/mol. The number of nitrogens with two attached hydrogens (primary N) is 1. The number of hydrogen-bond acceptors (Lipinski definition) is 3. The van der Waals surface area contributed by atoms with E-state index >= 15 is 0 Å². The molecular weight excluding hydrogens is 350 g/mol. The van der Waals surface area contributed by atoms with Crippen LogP contribution in [0.1, 0.15) is 31.4 Å². The number of guanidine groups is 1. The molecule has 5 nitrogen and oxygen atoms in total. The maximum atomic E-state index is 6.16. The van der Waals surface area contributed by atoms with Gasteiger partial charge in [0, 0.05) is 12.0 Å². The number of para-hydroxylation sites is 2. The Bertz CT molecular complexity index is 766. The van der Waals surface area contributed by atoms with Gasteiger partial charge in [-0.25, -0.2) is 4.99 Å². The van der Waals surface area contributed by atoms with Crippen LogP contribution in [0.3, 0.4) is 0 Å². The first kappa shape index (κ1) is 18.4. The van der Waals surface area contributed by atoms with E-state index in [0.29, 0.717) is 29.9 Å². The summed E-state index contributed by atoms with van der Waals surface area (Å²) < 4.78 is 11.6. The van der Waals surface area contributed by atoms with Crippen molar-refractivity contribution >= 4 is 17.6 Å². The van der Waals surface area contributed by atoms with Gasteiger partial charge in [-0.05, 0) is 24.6 Å². The lowest BCUT2D eigenvalue weighted by atomic mass is 10.0. The molecule has 3 rings (SSSR count). The number of rotatable bonds is 6. The van der Waals surface area contributed by atoms with Crippen molar-refractivity contribution in [1.82, 2.24) is 5.32 Å². The lowest BCUT2D eigenvalue weighted by Crippen LogP contribution is -2.38. The summed E-state index contributed by atoms with van der Waals surface area (Å²) >= 11 is 6.16. The average Bonchev–Trinajstić information content (AvgIpc) is 2.67. The van der Waals surface area contributed by atoms with Crippen LogP contribution in [0.5, 0.6) is 11.5 Å². The Kier molecular flexibility index (Phi) is 6.23. The average molecular weight is 374 g/mol. The van der Waals surface area contributed by atoms with E-state index in [0.717, 1.165) is 24.2 Å². The molecule has 1 heterocycles. The highest BCUT2D eigenvalue weighted by Crippen LogP contribution is 2.31. The molecule has 2 aromatic rings. The fraction of sp³-hybridized carbons (Fsp3) is 0.350. The van der Waals surface area contributed by atoms with Crippen LogP contribution in [0.15, 0.2) is 53.5 Å². The van der Waals surface area contributed by atoms with Crippen molar-refractivity contribution in [3.8, 4) is 11.5 Å². The predicted molar refractivity (Wildman–Crippen MR) is 105 cm³/mol. The fourth-order valence-electron chi connectivity index (χ4n) is 2.89. The van der Waals surface area contributed by atoms with Gasteiger partial charge >= 0.3 is 0 Å². The molecule has 2 unspecified atom stereocenters. The predicted octanol–water partition coefficient (Wildman–Crippen LogP) is 3.93. The van der Waals surface area contributed by atoms with E-state index in [1.54, 1.807) is 0 Å². The van der Waals surface area contributed by atoms with Crippen molar-refractivity contribution in [1.29, 1.82) is 0 Å². The molecule has 0 saturated heterocycles. The molecule has 0 spiro atoms. The topological polar surface area (TPSA) is 68.9 Å². The van der Waals surface area contributed by atoms with Gasteiger partial charge in [0.25, 0.3) is 0 Å². The van der Waals surface area contributed by atoms with Crippen molar-refractivity contribution in [2.24, 2.45) is 10.7 Å². The second-order valence-electron chi connectivity index (χ2n) is 6.18. The highest BCUT2D eigenvalue weighted by atomic mass is 35.5. The summed E-state index contributed by atoms with van der Waals surface area (Å²) in [5.41, 5.74) is 7.21. The van der Waals surface area contributed by atoms with Gasteiger partial charge in [0.2, 0.25) is 0 Å². The minimum Gasteiger partial charge on any atom is -0.493 e. The summed E-state index contributed by atoms with van der Waals surface area (Å²) in [7, 11) is 0. The van der Waals surface area contributed by atoms with E-state index in [-0.39, 0.29) is 12.1 Å². The number of nitrogens with zero attached hydrogens (tertiary/aromatic N) is 1. The molecule has 1 aliphatic rings. The third kappa shape index (κ3) is 4.61. The summed E-state index contributed by atoms with van der Waals surface area (Å²) in [6, 6.07) is 15.5. The van der Waals surface area contributed by atoms with E-state index in [1.165, 1.54) is 0 Å². The molecule has 2 atom stereocenters. The Balaban J connectivity index is 1.60. The van der Waals surface area contributed by atoms with Gasteiger partial charge in [0.05, 0.1) is 24.2 Å². The Morgan fingerprint density at radius 1 is 1.31 bits per heavy atom. The number of halogens is 1. The zero-order valence-electron chi connectivity index (χ0n) is 14.8. The zero-order chi connectivity index (χ0) is 18.4. The summed E-state index contributed by atoms with van der Waals surface area (Å²) in [5, 5.41) is 3.89. The number of benzene rings is 2. The van der Waals surface area contributed by atoms with Gasteiger partial charge < -0.3 is 20.5 Å². The number of ether oxygens (including phenoxy) is 2. The van der Waals surface area contributed by atoms with Crippen molar-refractivity contribution in [2.75, 3.05) is 13.2 Å². The molecule has 0 radical (unpaired) electrons. The molecule has 0 aliphatic carbocycles. The molecule has 0 bridgehead atoms. The maximum absolute atomic E-state index is 6.16. The van der Waals surface area contributed by atoms with Gasteiger partial charge in [0.15, 0.2) is 5.96 Å².